The molecule has 2 heterocycles. The van der Waals surface area contributed by atoms with E-state index >= 15 is 0 Å². The Morgan fingerprint density at radius 2 is 2.17 bits per heavy atom. The molecule has 0 saturated carbocycles. The molecule has 2 N–H and O–H groups in total. The summed E-state index contributed by atoms with van der Waals surface area (Å²) in [7, 11) is 0. The number of benzene rings is 1. The lowest BCUT2D eigenvalue weighted by Gasteiger charge is -2.25. The minimum Gasteiger partial charge on any atom is -0.385 e. The van der Waals surface area contributed by atoms with Gasteiger partial charge < -0.3 is 10.6 Å². The first kappa shape index (κ1) is 15.5. The molecule has 2 aromatic rings. The summed E-state index contributed by atoms with van der Waals surface area (Å²) in [5.41, 5.74) is 2.94. The summed E-state index contributed by atoms with van der Waals surface area (Å²) >= 11 is 0. The molecule has 3 rings (SSSR count). The molecule has 0 saturated heterocycles. The van der Waals surface area contributed by atoms with Crippen LogP contribution in [0.15, 0.2) is 36.5 Å². The lowest BCUT2D eigenvalue weighted by molar-refractivity contribution is 0.102. The van der Waals surface area contributed by atoms with Gasteiger partial charge in [-0.15, -0.1) is 0 Å². The standard InChI is InChI=1S/C18H20FN3O/c1-18(2)8-4-10-20-15-11-12(6-7-14(15)18)22-17(23)13-5-3-9-21-16(13)19/h3,5-7,9,11,20H,4,8,10H2,1-2H3,(H,22,23). The van der Waals surface area contributed by atoms with Crippen LogP contribution in [0, 0.1) is 5.95 Å². The van der Waals surface area contributed by atoms with Crippen LogP contribution in [0.25, 0.3) is 0 Å². The second-order valence-electron chi connectivity index (χ2n) is 6.47. The number of fused-ring (bicyclic) bond motifs is 1. The summed E-state index contributed by atoms with van der Waals surface area (Å²) in [6.45, 7) is 5.36. The van der Waals surface area contributed by atoms with Crippen LogP contribution in [0.1, 0.15) is 42.6 Å². The van der Waals surface area contributed by atoms with Gasteiger partial charge in [-0.3, -0.25) is 4.79 Å². The average molecular weight is 313 g/mol. The van der Waals surface area contributed by atoms with Crippen molar-refractivity contribution < 1.29 is 9.18 Å². The van der Waals surface area contributed by atoms with E-state index in [1.807, 2.05) is 18.2 Å². The number of hydrogen-bond donors (Lipinski definition) is 2. The zero-order valence-corrected chi connectivity index (χ0v) is 13.3. The van der Waals surface area contributed by atoms with Gasteiger partial charge in [0.05, 0.1) is 5.56 Å². The van der Waals surface area contributed by atoms with E-state index in [-0.39, 0.29) is 11.0 Å². The van der Waals surface area contributed by atoms with E-state index in [4.69, 9.17) is 0 Å². The summed E-state index contributed by atoms with van der Waals surface area (Å²) < 4.78 is 13.6. The van der Waals surface area contributed by atoms with Crippen LogP contribution in [-0.4, -0.2) is 17.4 Å². The number of nitrogens with one attached hydrogen (secondary N) is 2. The van der Waals surface area contributed by atoms with Crippen LogP contribution in [0.4, 0.5) is 15.8 Å². The number of carbonyl (C=O) groups is 1. The highest BCUT2D eigenvalue weighted by atomic mass is 19.1. The average Bonchev–Trinajstić information content (AvgIpc) is 2.66. The molecule has 1 amide bonds. The van der Waals surface area contributed by atoms with Crippen LogP contribution in [0.2, 0.25) is 0 Å². The minimum atomic E-state index is -0.765. The molecular weight excluding hydrogens is 293 g/mol. The Kier molecular flexibility index (Phi) is 4.03. The fourth-order valence-electron chi connectivity index (χ4n) is 3.00. The topological polar surface area (TPSA) is 54.0 Å². The smallest absolute Gasteiger partial charge is 0.260 e. The summed E-state index contributed by atoms with van der Waals surface area (Å²) in [4.78, 5) is 15.7. The van der Waals surface area contributed by atoms with E-state index in [9.17, 15) is 9.18 Å². The van der Waals surface area contributed by atoms with Gasteiger partial charge in [0.15, 0.2) is 0 Å². The van der Waals surface area contributed by atoms with Crippen molar-refractivity contribution in [2.45, 2.75) is 32.1 Å². The molecule has 23 heavy (non-hydrogen) atoms. The highest BCUT2D eigenvalue weighted by molar-refractivity contribution is 6.04. The molecule has 0 aliphatic carbocycles. The summed E-state index contributed by atoms with van der Waals surface area (Å²) in [5.74, 6) is -1.26. The number of anilines is 2. The van der Waals surface area contributed by atoms with Crippen LogP contribution in [0.5, 0.6) is 0 Å². The van der Waals surface area contributed by atoms with Crippen molar-refractivity contribution in [2.24, 2.45) is 0 Å². The Hall–Kier alpha value is -2.43. The molecule has 0 spiro atoms. The molecule has 5 heteroatoms. The number of nitrogens with zero attached hydrogens (tertiary/aromatic N) is 1. The summed E-state index contributed by atoms with van der Waals surface area (Å²) in [5, 5.41) is 6.15. The molecule has 1 aliphatic heterocycles. The molecule has 0 bridgehead atoms. The monoisotopic (exact) mass is 313 g/mol. The lowest BCUT2D eigenvalue weighted by Crippen LogP contribution is -2.17. The first-order valence-electron chi connectivity index (χ1n) is 7.78. The lowest BCUT2D eigenvalue weighted by atomic mass is 9.80. The van der Waals surface area contributed by atoms with Crippen LogP contribution in [-0.2, 0) is 5.41 Å². The molecular formula is C18H20FN3O. The Balaban J connectivity index is 1.87. The van der Waals surface area contributed by atoms with Gasteiger partial charge in [-0.25, -0.2) is 4.98 Å². The molecule has 0 fully saturated rings. The molecule has 1 aromatic carbocycles. The number of amides is 1. The Morgan fingerprint density at radius 3 is 2.96 bits per heavy atom. The second-order valence-corrected chi connectivity index (χ2v) is 6.47. The third-order valence-corrected chi connectivity index (χ3v) is 4.30. The maximum atomic E-state index is 13.6. The first-order valence-corrected chi connectivity index (χ1v) is 7.78. The van der Waals surface area contributed by atoms with E-state index < -0.39 is 11.9 Å². The van der Waals surface area contributed by atoms with Crippen LogP contribution >= 0.6 is 0 Å². The molecule has 0 radical (unpaired) electrons. The van der Waals surface area contributed by atoms with Gasteiger partial charge in [-0.1, -0.05) is 19.9 Å². The number of hydrogen-bond acceptors (Lipinski definition) is 3. The second kappa shape index (κ2) is 5.99. The number of rotatable bonds is 2. The molecule has 1 aliphatic rings. The molecule has 1 aromatic heterocycles. The Morgan fingerprint density at radius 1 is 1.35 bits per heavy atom. The zero-order chi connectivity index (χ0) is 16.4. The zero-order valence-electron chi connectivity index (χ0n) is 13.3. The number of halogens is 1. The van der Waals surface area contributed by atoms with E-state index in [0.717, 1.165) is 25.1 Å². The van der Waals surface area contributed by atoms with Gasteiger partial charge in [0.2, 0.25) is 5.95 Å². The maximum absolute atomic E-state index is 13.6. The van der Waals surface area contributed by atoms with Gasteiger partial charge >= 0.3 is 0 Å². The third kappa shape index (κ3) is 3.18. The minimum absolute atomic E-state index is 0.0595. The normalized spacial score (nSPS) is 16.0. The Labute approximate surface area is 135 Å². The molecule has 0 unspecified atom stereocenters. The van der Waals surface area contributed by atoms with Gasteiger partial charge in [0.1, 0.15) is 0 Å². The number of carbonyl (C=O) groups excluding carboxylic acids is 1. The van der Waals surface area contributed by atoms with Crippen molar-refractivity contribution in [1.29, 1.82) is 0 Å². The predicted octanol–water partition coefficient (Wildman–Crippen LogP) is 3.96. The third-order valence-electron chi connectivity index (χ3n) is 4.30. The SMILES string of the molecule is CC1(C)CCCNc2cc(NC(=O)c3cccnc3F)ccc21. The van der Waals surface area contributed by atoms with Gasteiger partial charge in [-0.2, -0.15) is 4.39 Å². The van der Waals surface area contributed by atoms with Crippen molar-refractivity contribution >= 4 is 17.3 Å². The van der Waals surface area contributed by atoms with E-state index in [1.165, 1.54) is 17.8 Å². The van der Waals surface area contributed by atoms with Crippen molar-refractivity contribution in [1.82, 2.24) is 4.98 Å². The highest BCUT2D eigenvalue weighted by Gasteiger charge is 2.26. The van der Waals surface area contributed by atoms with Crippen LogP contribution < -0.4 is 10.6 Å². The van der Waals surface area contributed by atoms with Crippen molar-refractivity contribution in [3.05, 3.63) is 53.6 Å². The summed E-state index contributed by atoms with van der Waals surface area (Å²) in [6, 6.07) is 8.76. The fourth-order valence-corrected chi connectivity index (χ4v) is 3.00. The Bertz CT molecular complexity index is 743. The van der Waals surface area contributed by atoms with Gasteiger partial charge in [0, 0.05) is 24.1 Å². The number of aromatic nitrogens is 1. The molecule has 0 atom stereocenters. The number of pyridine rings is 1. The van der Waals surface area contributed by atoms with Gasteiger partial charge in [-0.05, 0) is 48.1 Å². The largest absolute Gasteiger partial charge is 0.385 e. The fraction of sp³-hybridized carbons (Fsp3) is 0.333. The van der Waals surface area contributed by atoms with E-state index in [0.29, 0.717) is 5.69 Å². The van der Waals surface area contributed by atoms with Crippen molar-refractivity contribution in [3.8, 4) is 0 Å². The van der Waals surface area contributed by atoms with E-state index in [1.54, 1.807) is 6.07 Å². The van der Waals surface area contributed by atoms with Crippen molar-refractivity contribution in [3.63, 3.8) is 0 Å². The quantitative estimate of drug-likeness (QED) is 0.825. The summed E-state index contributed by atoms with van der Waals surface area (Å²) in [6.07, 6.45) is 3.53. The first-order chi connectivity index (χ1) is 11.0. The molecule has 120 valence electrons. The highest BCUT2D eigenvalue weighted by Crippen LogP contribution is 2.37. The van der Waals surface area contributed by atoms with Crippen molar-refractivity contribution in [2.75, 3.05) is 17.2 Å². The predicted molar refractivity (Wildman–Crippen MR) is 89.3 cm³/mol. The maximum Gasteiger partial charge on any atom is 0.260 e. The van der Waals surface area contributed by atoms with Gasteiger partial charge in [0.25, 0.3) is 5.91 Å². The van der Waals surface area contributed by atoms with E-state index in [2.05, 4.69) is 29.5 Å². The van der Waals surface area contributed by atoms with Crippen LogP contribution in [0.3, 0.4) is 0 Å². The molecule has 4 nitrogen and oxygen atoms in total.